The molecule has 1 fully saturated rings. The molecule has 0 amide bonds. The lowest BCUT2D eigenvalue weighted by molar-refractivity contribution is 0.408. The first-order chi connectivity index (χ1) is 7.00. The van der Waals surface area contributed by atoms with Crippen molar-refractivity contribution in [1.29, 1.82) is 0 Å². The highest BCUT2D eigenvalue weighted by atomic mass is 19.2. The second-order valence-electron chi connectivity index (χ2n) is 4.66. The SMILES string of the molecule is CC1(C)NCC[C@H]1c1ccc(F)c(F)c1. The molecule has 0 unspecified atom stereocenters. The van der Waals surface area contributed by atoms with Gasteiger partial charge in [0, 0.05) is 11.5 Å². The van der Waals surface area contributed by atoms with E-state index in [9.17, 15) is 8.78 Å². The summed E-state index contributed by atoms with van der Waals surface area (Å²) in [5.41, 5.74) is 0.841. The zero-order chi connectivity index (χ0) is 11.1. The van der Waals surface area contributed by atoms with Gasteiger partial charge in [-0.25, -0.2) is 8.78 Å². The monoisotopic (exact) mass is 211 g/mol. The van der Waals surface area contributed by atoms with Crippen molar-refractivity contribution in [3.63, 3.8) is 0 Å². The first kappa shape index (κ1) is 10.6. The molecular formula is C12H15F2N. The van der Waals surface area contributed by atoms with Crippen LogP contribution in [-0.4, -0.2) is 12.1 Å². The molecule has 1 aromatic rings. The number of rotatable bonds is 1. The third kappa shape index (κ3) is 1.88. The van der Waals surface area contributed by atoms with Crippen molar-refractivity contribution in [3.8, 4) is 0 Å². The van der Waals surface area contributed by atoms with Crippen LogP contribution in [0.3, 0.4) is 0 Å². The molecule has 2 rings (SSSR count). The number of hydrogen-bond acceptors (Lipinski definition) is 1. The van der Waals surface area contributed by atoms with Gasteiger partial charge in [0.05, 0.1) is 0 Å². The van der Waals surface area contributed by atoms with Crippen LogP contribution >= 0.6 is 0 Å². The van der Waals surface area contributed by atoms with Crippen molar-refractivity contribution in [2.45, 2.75) is 31.7 Å². The van der Waals surface area contributed by atoms with Crippen LogP contribution in [0.5, 0.6) is 0 Å². The molecule has 1 nitrogen and oxygen atoms in total. The second kappa shape index (κ2) is 3.56. The predicted octanol–water partition coefficient (Wildman–Crippen LogP) is 2.82. The van der Waals surface area contributed by atoms with Crippen molar-refractivity contribution in [3.05, 3.63) is 35.4 Å². The van der Waals surface area contributed by atoms with Gasteiger partial charge in [-0.3, -0.25) is 0 Å². The number of hydrogen-bond donors (Lipinski definition) is 1. The minimum atomic E-state index is -0.775. The van der Waals surface area contributed by atoms with Crippen LogP contribution < -0.4 is 5.32 Å². The van der Waals surface area contributed by atoms with Gasteiger partial charge >= 0.3 is 0 Å². The van der Waals surface area contributed by atoms with Crippen molar-refractivity contribution >= 4 is 0 Å². The van der Waals surface area contributed by atoms with Gasteiger partial charge in [-0.1, -0.05) is 6.07 Å². The molecule has 1 aromatic carbocycles. The van der Waals surface area contributed by atoms with Crippen LogP contribution in [0.1, 0.15) is 31.7 Å². The zero-order valence-corrected chi connectivity index (χ0v) is 8.98. The summed E-state index contributed by atoms with van der Waals surface area (Å²) in [6.45, 7) is 5.11. The molecule has 1 heterocycles. The second-order valence-corrected chi connectivity index (χ2v) is 4.66. The Labute approximate surface area is 88.5 Å². The molecule has 1 aliphatic rings. The molecule has 0 spiro atoms. The van der Waals surface area contributed by atoms with E-state index in [1.165, 1.54) is 12.1 Å². The summed E-state index contributed by atoms with van der Waals surface area (Å²) in [5.74, 6) is -1.27. The summed E-state index contributed by atoms with van der Waals surface area (Å²) in [4.78, 5) is 0. The minimum Gasteiger partial charge on any atom is -0.311 e. The Bertz CT molecular complexity index is 374. The third-order valence-corrected chi connectivity index (χ3v) is 3.23. The number of nitrogens with one attached hydrogen (secondary N) is 1. The van der Waals surface area contributed by atoms with Gasteiger partial charge in [0.1, 0.15) is 0 Å². The highest BCUT2D eigenvalue weighted by Gasteiger charge is 2.35. The normalized spacial score (nSPS) is 24.4. The van der Waals surface area contributed by atoms with Crippen LogP contribution in [-0.2, 0) is 0 Å². The fourth-order valence-corrected chi connectivity index (χ4v) is 2.34. The molecule has 0 aromatic heterocycles. The molecule has 0 aliphatic carbocycles. The molecule has 3 heteroatoms. The van der Waals surface area contributed by atoms with Crippen LogP contribution in [0.15, 0.2) is 18.2 Å². The van der Waals surface area contributed by atoms with Gasteiger partial charge in [0.2, 0.25) is 0 Å². The lowest BCUT2D eigenvalue weighted by atomic mass is 9.83. The Hall–Kier alpha value is -0.960. The molecule has 15 heavy (non-hydrogen) atoms. The first-order valence-corrected chi connectivity index (χ1v) is 5.21. The Kier molecular flexibility index (Phi) is 2.51. The van der Waals surface area contributed by atoms with E-state index in [2.05, 4.69) is 19.2 Å². The highest BCUT2D eigenvalue weighted by Crippen LogP contribution is 2.35. The van der Waals surface area contributed by atoms with Crippen LogP contribution in [0.2, 0.25) is 0 Å². The molecule has 1 aliphatic heterocycles. The zero-order valence-electron chi connectivity index (χ0n) is 8.98. The summed E-state index contributed by atoms with van der Waals surface area (Å²) >= 11 is 0. The van der Waals surface area contributed by atoms with Crippen molar-refractivity contribution < 1.29 is 8.78 Å². The Balaban J connectivity index is 2.33. The molecule has 0 saturated carbocycles. The van der Waals surface area contributed by atoms with E-state index < -0.39 is 11.6 Å². The topological polar surface area (TPSA) is 12.0 Å². The van der Waals surface area contributed by atoms with Gasteiger partial charge in [0.15, 0.2) is 11.6 Å². The maximum atomic E-state index is 13.1. The number of halogens is 2. The summed E-state index contributed by atoms with van der Waals surface area (Å²) in [6.07, 6.45) is 0.970. The summed E-state index contributed by atoms with van der Waals surface area (Å²) in [5, 5.41) is 3.36. The largest absolute Gasteiger partial charge is 0.311 e. The Morgan fingerprint density at radius 1 is 1.27 bits per heavy atom. The summed E-state index contributed by atoms with van der Waals surface area (Å²) < 4.78 is 25.9. The maximum absolute atomic E-state index is 13.1. The van der Waals surface area contributed by atoms with E-state index in [1.54, 1.807) is 6.07 Å². The molecule has 1 atom stereocenters. The van der Waals surface area contributed by atoms with E-state index in [1.807, 2.05) is 0 Å². The third-order valence-electron chi connectivity index (χ3n) is 3.23. The molecule has 0 radical (unpaired) electrons. The van der Waals surface area contributed by atoms with E-state index in [0.717, 1.165) is 18.5 Å². The summed E-state index contributed by atoms with van der Waals surface area (Å²) in [7, 11) is 0. The fraction of sp³-hybridized carbons (Fsp3) is 0.500. The van der Waals surface area contributed by atoms with Gasteiger partial charge in [-0.2, -0.15) is 0 Å². The van der Waals surface area contributed by atoms with Crippen molar-refractivity contribution in [2.75, 3.05) is 6.54 Å². The van der Waals surface area contributed by atoms with Crippen molar-refractivity contribution in [2.24, 2.45) is 0 Å². The fourth-order valence-electron chi connectivity index (χ4n) is 2.34. The minimum absolute atomic E-state index is 0.0374. The van der Waals surface area contributed by atoms with Gasteiger partial charge in [-0.05, 0) is 44.5 Å². The van der Waals surface area contributed by atoms with Crippen LogP contribution in [0.25, 0.3) is 0 Å². The van der Waals surface area contributed by atoms with Crippen LogP contribution in [0, 0.1) is 11.6 Å². The molecule has 82 valence electrons. The molecule has 1 N–H and O–H groups in total. The average molecular weight is 211 g/mol. The van der Waals surface area contributed by atoms with E-state index in [4.69, 9.17) is 0 Å². The standard InChI is InChI=1S/C12H15F2N/c1-12(2)9(5-6-15-12)8-3-4-10(13)11(14)7-8/h3-4,7,9,15H,5-6H2,1-2H3/t9-/m0/s1. The lowest BCUT2D eigenvalue weighted by Crippen LogP contribution is -2.36. The van der Waals surface area contributed by atoms with Gasteiger partial charge in [0.25, 0.3) is 0 Å². The molecule has 1 saturated heterocycles. The van der Waals surface area contributed by atoms with Gasteiger partial charge < -0.3 is 5.32 Å². The van der Waals surface area contributed by atoms with Gasteiger partial charge in [-0.15, -0.1) is 0 Å². The molecule has 0 bridgehead atoms. The Morgan fingerprint density at radius 3 is 2.53 bits per heavy atom. The maximum Gasteiger partial charge on any atom is 0.159 e. The average Bonchev–Trinajstić information content (AvgIpc) is 2.50. The van der Waals surface area contributed by atoms with E-state index >= 15 is 0 Å². The van der Waals surface area contributed by atoms with E-state index in [-0.39, 0.29) is 11.5 Å². The lowest BCUT2D eigenvalue weighted by Gasteiger charge is -2.27. The smallest absolute Gasteiger partial charge is 0.159 e. The summed E-state index contributed by atoms with van der Waals surface area (Å²) in [6, 6.07) is 4.20. The number of benzene rings is 1. The van der Waals surface area contributed by atoms with E-state index in [0.29, 0.717) is 0 Å². The van der Waals surface area contributed by atoms with Crippen LogP contribution in [0.4, 0.5) is 8.78 Å². The highest BCUT2D eigenvalue weighted by molar-refractivity contribution is 5.26. The Morgan fingerprint density at radius 2 is 2.00 bits per heavy atom. The van der Waals surface area contributed by atoms with Crippen molar-refractivity contribution in [1.82, 2.24) is 5.32 Å². The first-order valence-electron chi connectivity index (χ1n) is 5.21. The molecular weight excluding hydrogens is 196 g/mol. The quantitative estimate of drug-likeness (QED) is 0.753. The predicted molar refractivity (Wildman–Crippen MR) is 55.8 cm³/mol.